The molecule has 0 spiro atoms. The van der Waals surface area contributed by atoms with E-state index >= 15 is 0 Å². The molecule has 0 radical (unpaired) electrons. The third-order valence-corrected chi connectivity index (χ3v) is 3.58. The molecular weight excluding hydrogens is 286 g/mol. The maximum atomic E-state index is 12.1. The van der Waals surface area contributed by atoms with Gasteiger partial charge in [0.1, 0.15) is 6.04 Å². The Morgan fingerprint density at radius 2 is 2.09 bits per heavy atom. The Balaban J connectivity index is 1.98. The lowest BCUT2D eigenvalue weighted by atomic mass is 10.2. The van der Waals surface area contributed by atoms with E-state index in [1.807, 2.05) is 18.5 Å². The first-order valence-electron chi connectivity index (χ1n) is 7.00. The molecule has 0 aliphatic rings. The molecule has 1 unspecified atom stereocenters. The number of nitrogens with zero attached hydrogens (tertiary/aromatic N) is 4. The SMILES string of the molecule is CCn1ncc(CNC(=O)C(C)n2cc(C(=O)O)cn2)c1C. The second-order valence-electron chi connectivity index (χ2n) is 4.98. The van der Waals surface area contributed by atoms with E-state index < -0.39 is 12.0 Å². The van der Waals surface area contributed by atoms with Crippen LogP contribution >= 0.6 is 0 Å². The van der Waals surface area contributed by atoms with Gasteiger partial charge in [0.25, 0.3) is 0 Å². The van der Waals surface area contributed by atoms with Crippen molar-refractivity contribution in [3.8, 4) is 0 Å². The summed E-state index contributed by atoms with van der Waals surface area (Å²) in [6.45, 7) is 6.77. The summed E-state index contributed by atoms with van der Waals surface area (Å²) in [6.07, 6.45) is 4.30. The van der Waals surface area contributed by atoms with E-state index in [9.17, 15) is 9.59 Å². The van der Waals surface area contributed by atoms with E-state index in [1.165, 1.54) is 17.1 Å². The van der Waals surface area contributed by atoms with Crippen LogP contribution in [0.15, 0.2) is 18.6 Å². The zero-order chi connectivity index (χ0) is 16.3. The predicted octanol–water partition coefficient (Wildman–Crippen LogP) is 0.984. The van der Waals surface area contributed by atoms with E-state index in [2.05, 4.69) is 15.5 Å². The molecule has 8 nitrogen and oxygen atoms in total. The molecule has 2 N–H and O–H groups in total. The number of hydrogen-bond donors (Lipinski definition) is 2. The highest BCUT2D eigenvalue weighted by Gasteiger charge is 2.18. The number of amides is 1. The minimum Gasteiger partial charge on any atom is -0.478 e. The number of carboxylic acid groups (broad SMARTS) is 1. The lowest BCUT2D eigenvalue weighted by molar-refractivity contribution is -0.124. The Morgan fingerprint density at radius 1 is 1.36 bits per heavy atom. The zero-order valence-corrected chi connectivity index (χ0v) is 12.8. The zero-order valence-electron chi connectivity index (χ0n) is 12.8. The third-order valence-electron chi connectivity index (χ3n) is 3.58. The van der Waals surface area contributed by atoms with Crippen LogP contribution < -0.4 is 5.32 Å². The molecule has 0 saturated carbocycles. The maximum absolute atomic E-state index is 12.1. The molecule has 0 aromatic carbocycles. The van der Waals surface area contributed by atoms with Crippen LogP contribution in [0.5, 0.6) is 0 Å². The van der Waals surface area contributed by atoms with Crippen LogP contribution in [0.1, 0.15) is 41.5 Å². The van der Waals surface area contributed by atoms with Gasteiger partial charge in [-0.05, 0) is 20.8 Å². The summed E-state index contributed by atoms with van der Waals surface area (Å²) in [7, 11) is 0. The molecule has 8 heteroatoms. The van der Waals surface area contributed by atoms with Crippen molar-refractivity contribution in [3.05, 3.63) is 35.4 Å². The quantitative estimate of drug-likeness (QED) is 0.828. The third kappa shape index (κ3) is 3.16. The van der Waals surface area contributed by atoms with Crippen LogP contribution in [-0.2, 0) is 17.9 Å². The normalized spacial score (nSPS) is 12.1. The highest BCUT2D eigenvalue weighted by atomic mass is 16.4. The Hall–Kier alpha value is -2.64. The van der Waals surface area contributed by atoms with Gasteiger partial charge in [0.2, 0.25) is 5.91 Å². The Kier molecular flexibility index (Phi) is 4.59. The Labute approximate surface area is 127 Å². The van der Waals surface area contributed by atoms with Crippen LogP contribution in [0.25, 0.3) is 0 Å². The monoisotopic (exact) mass is 305 g/mol. The fraction of sp³-hybridized carbons (Fsp3) is 0.429. The highest BCUT2D eigenvalue weighted by molar-refractivity contribution is 5.87. The van der Waals surface area contributed by atoms with Gasteiger partial charge < -0.3 is 10.4 Å². The van der Waals surface area contributed by atoms with Crippen molar-refractivity contribution >= 4 is 11.9 Å². The molecule has 1 amide bonds. The number of aromatic carboxylic acids is 1. The molecule has 0 fully saturated rings. The summed E-state index contributed by atoms with van der Waals surface area (Å²) < 4.78 is 3.19. The Bertz CT molecular complexity index is 688. The fourth-order valence-electron chi connectivity index (χ4n) is 2.09. The summed E-state index contributed by atoms with van der Waals surface area (Å²) >= 11 is 0. The minimum atomic E-state index is -1.07. The van der Waals surface area contributed by atoms with Crippen LogP contribution in [0.4, 0.5) is 0 Å². The van der Waals surface area contributed by atoms with Gasteiger partial charge in [-0.25, -0.2) is 4.79 Å². The van der Waals surface area contributed by atoms with Crippen molar-refractivity contribution in [2.24, 2.45) is 0 Å². The summed E-state index contributed by atoms with van der Waals surface area (Å²) in [5, 5.41) is 19.8. The second-order valence-corrected chi connectivity index (χ2v) is 4.98. The van der Waals surface area contributed by atoms with Crippen LogP contribution in [-0.4, -0.2) is 36.5 Å². The van der Waals surface area contributed by atoms with Gasteiger partial charge in [-0.3, -0.25) is 14.2 Å². The lowest BCUT2D eigenvalue weighted by Gasteiger charge is -2.12. The van der Waals surface area contributed by atoms with Gasteiger partial charge in [-0.15, -0.1) is 0 Å². The average Bonchev–Trinajstić information content (AvgIpc) is 3.11. The molecule has 0 aliphatic heterocycles. The smallest absolute Gasteiger partial charge is 0.338 e. The average molecular weight is 305 g/mol. The van der Waals surface area contributed by atoms with E-state index in [1.54, 1.807) is 13.1 Å². The van der Waals surface area contributed by atoms with E-state index in [0.29, 0.717) is 6.54 Å². The summed E-state index contributed by atoms with van der Waals surface area (Å²) in [6, 6.07) is -0.588. The molecule has 118 valence electrons. The molecular formula is C14H19N5O3. The second kappa shape index (κ2) is 6.42. The standard InChI is InChI=1S/C14H19N5O3/c1-4-18-9(2)11(6-16-18)5-15-13(20)10(3)19-8-12(7-17-19)14(21)22/h6-8,10H,4-5H2,1-3H3,(H,15,20)(H,21,22). The summed E-state index contributed by atoms with van der Waals surface area (Å²) in [5.74, 6) is -1.30. The number of aromatic nitrogens is 4. The van der Waals surface area contributed by atoms with Crippen molar-refractivity contribution in [3.63, 3.8) is 0 Å². The van der Waals surface area contributed by atoms with Gasteiger partial charge in [0, 0.05) is 30.5 Å². The van der Waals surface area contributed by atoms with Crippen molar-refractivity contribution in [2.75, 3.05) is 0 Å². The van der Waals surface area contributed by atoms with Crippen molar-refractivity contribution in [2.45, 2.75) is 39.9 Å². The number of carbonyl (C=O) groups excluding carboxylic acids is 1. The van der Waals surface area contributed by atoms with Gasteiger partial charge in [0.05, 0.1) is 18.0 Å². The number of rotatable bonds is 6. The molecule has 2 aromatic rings. The number of aryl methyl sites for hydroxylation is 1. The first-order chi connectivity index (χ1) is 10.4. The molecule has 2 rings (SSSR count). The highest BCUT2D eigenvalue weighted by Crippen LogP contribution is 2.09. The van der Waals surface area contributed by atoms with Gasteiger partial charge in [0.15, 0.2) is 0 Å². The topological polar surface area (TPSA) is 102 Å². The number of hydrogen-bond acceptors (Lipinski definition) is 4. The molecule has 2 heterocycles. The molecule has 2 aromatic heterocycles. The van der Waals surface area contributed by atoms with Gasteiger partial charge >= 0.3 is 5.97 Å². The molecule has 1 atom stereocenters. The van der Waals surface area contributed by atoms with Crippen molar-refractivity contribution < 1.29 is 14.7 Å². The molecule has 0 saturated heterocycles. The number of carboxylic acids is 1. The van der Waals surface area contributed by atoms with Gasteiger partial charge in [-0.2, -0.15) is 10.2 Å². The van der Waals surface area contributed by atoms with E-state index in [0.717, 1.165) is 17.8 Å². The predicted molar refractivity (Wildman–Crippen MR) is 78.4 cm³/mol. The molecule has 0 bridgehead atoms. The Morgan fingerprint density at radius 3 is 2.64 bits per heavy atom. The fourth-order valence-corrected chi connectivity index (χ4v) is 2.09. The minimum absolute atomic E-state index is 0.0553. The van der Waals surface area contributed by atoms with E-state index in [4.69, 9.17) is 5.11 Å². The molecule has 0 aliphatic carbocycles. The summed E-state index contributed by atoms with van der Waals surface area (Å²) in [5.41, 5.74) is 2.02. The molecule has 22 heavy (non-hydrogen) atoms. The number of carbonyl (C=O) groups is 2. The number of nitrogens with one attached hydrogen (secondary N) is 1. The summed E-state index contributed by atoms with van der Waals surface area (Å²) in [4.78, 5) is 23.0. The van der Waals surface area contributed by atoms with Crippen LogP contribution in [0, 0.1) is 6.92 Å². The van der Waals surface area contributed by atoms with Crippen LogP contribution in [0.2, 0.25) is 0 Å². The van der Waals surface area contributed by atoms with E-state index in [-0.39, 0.29) is 11.5 Å². The van der Waals surface area contributed by atoms with Crippen molar-refractivity contribution in [1.82, 2.24) is 24.9 Å². The van der Waals surface area contributed by atoms with Crippen LogP contribution in [0.3, 0.4) is 0 Å². The largest absolute Gasteiger partial charge is 0.478 e. The lowest BCUT2D eigenvalue weighted by Crippen LogP contribution is -2.31. The first kappa shape index (κ1) is 15.7. The first-order valence-corrected chi connectivity index (χ1v) is 7.00. The van der Waals surface area contributed by atoms with Crippen molar-refractivity contribution in [1.29, 1.82) is 0 Å². The van der Waals surface area contributed by atoms with Gasteiger partial charge in [-0.1, -0.05) is 0 Å². The maximum Gasteiger partial charge on any atom is 0.338 e.